The molecule has 0 amide bonds. The lowest BCUT2D eigenvalue weighted by Gasteiger charge is -2.39. The average Bonchev–Trinajstić information content (AvgIpc) is 2.35. The largest absolute Gasteiger partial charge is 0.314 e. The number of halogens is 1. The van der Waals surface area contributed by atoms with Gasteiger partial charge in [-0.2, -0.15) is 0 Å². The van der Waals surface area contributed by atoms with Gasteiger partial charge in [-0.15, -0.1) is 0 Å². The highest BCUT2D eigenvalue weighted by Gasteiger charge is 2.28. The van der Waals surface area contributed by atoms with E-state index in [2.05, 4.69) is 27.1 Å². The number of piperidine rings is 1. The Bertz CT molecular complexity index is 357. The molecule has 0 bridgehead atoms. The lowest BCUT2D eigenvalue weighted by atomic mass is 9.90. The summed E-state index contributed by atoms with van der Waals surface area (Å²) in [5.41, 5.74) is 1.28. The maximum Gasteiger partial charge on any atom is 0.147 e. The van der Waals surface area contributed by atoms with Crippen LogP contribution in [0.25, 0.3) is 0 Å². The summed E-state index contributed by atoms with van der Waals surface area (Å²) >= 11 is 5.72. The van der Waals surface area contributed by atoms with Gasteiger partial charge >= 0.3 is 0 Å². The second-order valence-electron chi connectivity index (χ2n) is 4.92. The summed E-state index contributed by atoms with van der Waals surface area (Å²) < 4.78 is 0. The van der Waals surface area contributed by atoms with Crippen molar-refractivity contribution in [1.29, 1.82) is 0 Å². The summed E-state index contributed by atoms with van der Waals surface area (Å²) in [6, 6.07) is 0. The first-order chi connectivity index (χ1) is 8.11. The van der Waals surface area contributed by atoms with Gasteiger partial charge in [0.25, 0.3) is 0 Å². The van der Waals surface area contributed by atoms with Crippen LogP contribution in [-0.4, -0.2) is 40.5 Å². The number of nitrogens with zero attached hydrogens (tertiary/aromatic N) is 3. The molecule has 0 unspecified atom stereocenters. The molecule has 0 radical (unpaired) electrons. The summed E-state index contributed by atoms with van der Waals surface area (Å²) in [7, 11) is 2.04. The number of aromatic nitrogens is 2. The highest BCUT2D eigenvalue weighted by molar-refractivity contribution is 6.29. The predicted octanol–water partition coefficient (Wildman–Crippen LogP) is 1.70. The molecule has 0 aromatic carbocycles. The van der Waals surface area contributed by atoms with Gasteiger partial charge < -0.3 is 5.32 Å². The molecule has 0 atom stereocenters. The lowest BCUT2D eigenvalue weighted by molar-refractivity contribution is 0.145. The predicted molar refractivity (Wildman–Crippen MR) is 69.0 cm³/mol. The number of likely N-dealkylation sites (tertiary alicyclic amines) is 1. The van der Waals surface area contributed by atoms with Crippen LogP contribution in [0.1, 0.15) is 25.5 Å². The Kier molecular flexibility index (Phi) is 3.97. The van der Waals surface area contributed by atoms with E-state index in [4.69, 9.17) is 11.6 Å². The maximum atomic E-state index is 5.72. The Morgan fingerprint density at radius 2 is 2.06 bits per heavy atom. The molecule has 1 aliphatic heterocycles. The molecule has 5 heteroatoms. The topological polar surface area (TPSA) is 41.0 Å². The fourth-order valence-electron chi connectivity index (χ4n) is 2.10. The van der Waals surface area contributed by atoms with Gasteiger partial charge in [0.15, 0.2) is 0 Å². The van der Waals surface area contributed by atoms with Crippen LogP contribution in [0.5, 0.6) is 0 Å². The smallest absolute Gasteiger partial charge is 0.147 e. The van der Waals surface area contributed by atoms with Crippen molar-refractivity contribution in [3.05, 3.63) is 23.2 Å². The number of hydrogen-bond acceptors (Lipinski definition) is 4. The molecule has 1 aromatic heterocycles. The zero-order chi connectivity index (χ0) is 12.3. The third kappa shape index (κ3) is 3.37. The zero-order valence-corrected chi connectivity index (χ0v) is 11.2. The molecule has 0 spiro atoms. The molecule has 0 aliphatic carbocycles. The molecular formula is C12H19ClN4. The van der Waals surface area contributed by atoms with Crippen molar-refractivity contribution in [2.45, 2.75) is 31.8 Å². The van der Waals surface area contributed by atoms with E-state index in [0.29, 0.717) is 10.7 Å². The van der Waals surface area contributed by atoms with E-state index in [1.807, 2.05) is 7.05 Å². The van der Waals surface area contributed by atoms with Crippen molar-refractivity contribution >= 4 is 11.6 Å². The van der Waals surface area contributed by atoms with Gasteiger partial charge in [0.1, 0.15) is 5.15 Å². The van der Waals surface area contributed by atoms with Crippen molar-refractivity contribution in [2.75, 3.05) is 20.1 Å². The second kappa shape index (κ2) is 5.29. The van der Waals surface area contributed by atoms with Crippen LogP contribution in [0.2, 0.25) is 5.15 Å². The Morgan fingerprint density at radius 3 is 2.59 bits per heavy atom. The Hall–Kier alpha value is -0.710. The monoisotopic (exact) mass is 254 g/mol. The van der Waals surface area contributed by atoms with Crippen molar-refractivity contribution in [1.82, 2.24) is 20.2 Å². The number of rotatable bonds is 3. The van der Waals surface area contributed by atoms with Gasteiger partial charge in [0.05, 0.1) is 18.1 Å². The van der Waals surface area contributed by atoms with E-state index in [0.717, 1.165) is 25.3 Å². The Labute approximate surface area is 107 Å². The van der Waals surface area contributed by atoms with E-state index >= 15 is 0 Å². The van der Waals surface area contributed by atoms with E-state index < -0.39 is 0 Å². The minimum atomic E-state index is 0.294. The summed E-state index contributed by atoms with van der Waals surface area (Å²) in [5.74, 6) is 0. The first-order valence-corrected chi connectivity index (χ1v) is 6.37. The van der Waals surface area contributed by atoms with E-state index in [9.17, 15) is 0 Å². The minimum Gasteiger partial charge on any atom is -0.314 e. The molecule has 2 heterocycles. The molecule has 1 fully saturated rings. The quantitative estimate of drug-likeness (QED) is 0.892. The Balaban J connectivity index is 1.88. The van der Waals surface area contributed by atoms with Crippen LogP contribution >= 0.6 is 11.6 Å². The fourth-order valence-corrected chi connectivity index (χ4v) is 2.20. The van der Waals surface area contributed by atoms with Gasteiger partial charge in [-0.1, -0.05) is 11.6 Å². The summed E-state index contributed by atoms with van der Waals surface area (Å²) in [4.78, 5) is 10.7. The second-order valence-corrected chi connectivity index (χ2v) is 5.30. The van der Waals surface area contributed by atoms with Gasteiger partial charge in [0, 0.05) is 25.2 Å². The normalized spacial score (nSPS) is 20.4. The summed E-state index contributed by atoms with van der Waals surface area (Å²) in [6.07, 6.45) is 5.71. The number of nitrogens with one attached hydrogen (secondary N) is 1. The standard InChI is InChI=1S/C12H19ClN4/c1-12(14-2)3-5-17(6-4-12)9-10-7-16-11(13)8-15-10/h7-8,14H,3-6,9H2,1-2H3. The average molecular weight is 255 g/mol. The van der Waals surface area contributed by atoms with E-state index in [1.54, 1.807) is 12.4 Å². The first-order valence-electron chi connectivity index (χ1n) is 5.99. The molecule has 1 N–H and O–H groups in total. The molecule has 94 valence electrons. The fraction of sp³-hybridized carbons (Fsp3) is 0.667. The van der Waals surface area contributed by atoms with E-state index in [-0.39, 0.29) is 0 Å². The maximum absolute atomic E-state index is 5.72. The van der Waals surface area contributed by atoms with Crippen molar-refractivity contribution < 1.29 is 0 Å². The van der Waals surface area contributed by atoms with Gasteiger partial charge in [-0.25, -0.2) is 4.98 Å². The third-order valence-corrected chi connectivity index (χ3v) is 3.82. The molecule has 4 nitrogen and oxygen atoms in total. The van der Waals surface area contributed by atoms with Gasteiger partial charge in [-0.3, -0.25) is 9.88 Å². The molecule has 17 heavy (non-hydrogen) atoms. The van der Waals surface area contributed by atoms with Crippen molar-refractivity contribution in [2.24, 2.45) is 0 Å². The summed E-state index contributed by atoms with van der Waals surface area (Å²) in [6.45, 7) is 5.35. The SMILES string of the molecule is CNC1(C)CCN(Cc2cnc(Cl)cn2)CC1. The molecule has 1 saturated heterocycles. The van der Waals surface area contributed by atoms with Crippen LogP contribution in [0.15, 0.2) is 12.4 Å². The molecule has 1 aromatic rings. The van der Waals surface area contributed by atoms with Gasteiger partial charge in [0.2, 0.25) is 0 Å². The van der Waals surface area contributed by atoms with Gasteiger partial charge in [-0.05, 0) is 26.8 Å². The van der Waals surface area contributed by atoms with E-state index in [1.165, 1.54) is 12.8 Å². The third-order valence-electron chi connectivity index (χ3n) is 3.62. The van der Waals surface area contributed by atoms with Crippen molar-refractivity contribution in [3.8, 4) is 0 Å². The van der Waals surface area contributed by atoms with Crippen LogP contribution in [0.4, 0.5) is 0 Å². The van der Waals surface area contributed by atoms with Crippen LogP contribution in [-0.2, 0) is 6.54 Å². The minimum absolute atomic E-state index is 0.294. The van der Waals surface area contributed by atoms with Crippen LogP contribution < -0.4 is 5.32 Å². The molecular weight excluding hydrogens is 236 g/mol. The zero-order valence-electron chi connectivity index (χ0n) is 10.4. The summed E-state index contributed by atoms with van der Waals surface area (Å²) in [5, 5.41) is 3.85. The van der Waals surface area contributed by atoms with Crippen molar-refractivity contribution in [3.63, 3.8) is 0 Å². The molecule has 0 saturated carbocycles. The first kappa shape index (κ1) is 12.7. The molecule has 1 aliphatic rings. The van der Waals surface area contributed by atoms with Crippen LogP contribution in [0, 0.1) is 0 Å². The highest BCUT2D eigenvalue weighted by atomic mass is 35.5. The Morgan fingerprint density at radius 1 is 1.35 bits per heavy atom. The number of hydrogen-bond donors (Lipinski definition) is 1. The highest BCUT2D eigenvalue weighted by Crippen LogP contribution is 2.21. The van der Waals surface area contributed by atoms with Crippen LogP contribution in [0.3, 0.4) is 0 Å². The lowest BCUT2D eigenvalue weighted by Crippen LogP contribution is -2.49. The molecule has 2 rings (SSSR count).